The van der Waals surface area contributed by atoms with Crippen molar-refractivity contribution < 1.29 is 18.7 Å². The maximum Gasteiger partial charge on any atom is 0.337 e. The summed E-state index contributed by atoms with van der Waals surface area (Å²) in [5, 5.41) is 5.14. The van der Waals surface area contributed by atoms with Crippen LogP contribution in [0.2, 0.25) is 0 Å². The number of anilines is 1. The fourth-order valence-corrected chi connectivity index (χ4v) is 2.31. The van der Waals surface area contributed by atoms with Crippen LogP contribution < -0.4 is 10.6 Å². The summed E-state index contributed by atoms with van der Waals surface area (Å²) in [4.78, 5) is 23.0. The summed E-state index contributed by atoms with van der Waals surface area (Å²) in [6.45, 7) is 2.75. The second-order valence-corrected chi connectivity index (χ2v) is 5.69. The van der Waals surface area contributed by atoms with Crippen molar-refractivity contribution in [1.82, 2.24) is 5.32 Å². The van der Waals surface area contributed by atoms with Gasteiger partial charge in [-0.05, 0) is 24.6 Å². The van der Waals surface area contributed by atoms with Crippen molar-refractivity contribution in [3.8, 4) is 0 Å². The third kappa shape index (κ3) is 7.44. The fourth-order valence-electron chi connectivity index (χ4n) is 2.31. The molecule has 0 radical (unpaired) electrons. The summed E-state index contributed by atoms with van der Waals surface area (Å²) in [5.74, 6) is -1.30. The van der Waals surface area contributed by atoms with Gasteiger partial charge < -0.3 is 15.4 Å². The van der Waals surface area contributed by atoms with Crippen molar-refractivity contribution in [1.29, 1.82) is 0 Å². The van der Waals surface area contributed by atoms with Gasteiger partial charge in [-0.1, -0.05) is 45.4 Å². The maximum atomic E-state index is 13.8. The van der Waals surface area contributed by atoms with Crippen LogP contribution in [0.4, 0.5) is 14.9 Å². The zero-order valence-electron chi connectivity index (χ0n) is 14.5. The molecule has 0 heterocycles. The predicted octanol–water partition coefficient (Wildman–Crippen LogP) is 4.48. The smallest absolute Gasteiger partial charge is 0.337 e. The molecule has 24 heavy (non-hydrogen) atoms. The molecule has 0 aliphatic rings. The first-order valence-corrected chi connectivity index (χ1v) is 8.51. The lowest BCUT2D eigenvalue weighted by molar-refractivity contribution is 0.0600. The average molecular weight is 338 g/mol. The van der Waals surface area contributed by atoms with Gasteiger partial charge in [0, 0.05) is 6.54 Å². The number of halogens is 1. The zero-order valence-corrected chi connectivity index (χ0v) is 14.5. The number of unbranched alkanes of at least 4 members (excludes halogenated alkanes) is 6. The number of urea groups is 1. The highest BCUT2D eigenvalue weighted by Gasteiger charge is 2.11. The Morgan fingerprint density at radius 2 is 1.75 bits per heavy atom. The first-order chi connectivity index (χ1) is 11.6. The van der Waals surface area contributed by atoms with E-state index in [0.29, 0.717) is 6.54 Å². The molecule has 0 aliphatic heterocycles. The third-order valence-corrected chi connectivity index (χ3v) is 3.70. The van der Waals surface area contributed by atoms with E-state index in [9.17, 15) is 14.0 Å². The summed E-state index contributed by atoms with van der Waals surface area (Å²) < 4.78 is 18.4. The number of amides is 2. The van der Waals surface area contributed by atoms with Crippen LogP contribution in [-0.4, -0.2) is 25.7 Å². The number of hydrogen-bond acceptors (Lipinski definition) is 3. The number of ether oxygens (including phenoxy) is 1. The van der Waals surface area contributed by atoms with Gasteiger partial charge in [0.05, 0.1) is 18.4 Å². The Balaban J connectivity index is 2.26. The molecule has 0 fully saturated rings. The van der Waals surface area contributed by atoms with Gasteiger partial charge in [0.1, 0.15) is 5.82 Å². The molecule has 1 aromatic rings. The van der Waals surface area contributed by atoms with Crippen LogP contribution in [0.1, 0.15) is 62.2 Å². The van der Waals surface area contributed by atoms with E-state index < -0.39 is 17.8 Å². The summed E-state index contributed by atoms with van der Waals surface area (Å²) in [7, 11) is 1.23. The quantitative estimate of drug-likeness (QED) is 0.488. The van der Waals surface area contributed by atoms with Crippen LogP contribution in [-0.2, 0) is 4.74 Å². The van der Waals surface area contributed by atoms with Gasteiger partial charge in [0.2, 0.25) is 0 Å². The Kier molecular flexibility index (Phi) is 9.49. The van der Waals surface area contributed by atoms with Crippen molar-refractivity contribution in [2.45, 2.75) is 51.9 Å². The van der Waals surface area contributed by atoms with E-state index in [1.807, 2.05) is 0 Å². The molecule has 2 N–H and O–H groups in total. The average Bonchev–Trinajstić information content (AvgIpc) is 2.58. The largest absolute Gasteiger partial charge is 0.465 e. The highest BCUT2D eigenvalue weighted by Crippen LogP contribution is 2.16. The molecular weight excluding hydrogens is 311 g/mol. The number of rotatable bonds is 10. The van der Waals surface area contributed by atoms with Gasteiger partial charge in [-0.15, -0.1) is 0 Å². The molecule has 0 unspecified atom stereocenters. The van der Waals surface area contributed by atoms with Crippen molar-refractivity contribution in [3.63, 3.8) is 0 Å². The van der Waals surface area contributed by atoms with Gasteiger partial charge in [0.25, 0.3) is 0 Å². The molecular formula is C18H27FN2O3. The molecule has 2 amide bonds. The highest BCUT2D eigenvalue weighted by molar-refractivity contribution is 5.92. The topological polar surface area (TPSA) is 67.4 Å². The van der Waals surface area contributed by atoms with E-state index in [0.717, 1.165) is 18.9 Å². The number of hydrogen-bond donors (Lipinski definition) is 2. The second-order valence-electron chi connectivity index (χ2n) is 5.69. The van der Waals surface area contributed by atoms with Gasteiger partial charge in [0.15, 0.2) is 0 Å². The molecule has 0 bridgehead atoms. The van der Waals surface area contributed by atoms with Crippen LogP contribution in [0.3, 0.4) is 0 Å². The molecule has 0 spiro atoms. The number of carbonyl (C=O) groups excluding carboxylic acids is 2. The minimum absolute atomic E-state index is 0.0275. The molecule has 1 rings (SSSR count). The van der Waals surface area contributed by atoms with E-state index in [-0.39, 0.29) is 11.3 Å². The fraction of sp³-hybridized carbons (Fsp3) is 0.556. The Bertz CT molecular complexity index is 535. The third-order valence-electron chi connectivity index (χ3n) is 3.70. The molecule has 0 aromatic heterocycles. The molecule has 6 heteroatoms. The van der Waals surface area contributed by atoms with Gasteiger partial charge in [-0.3, -0.25) is 0 Å². The molecule has 0 saturated carbocycles. The highest BCUT2D eigenvalue weighted by atomic mass is 19.1. The Morgan fingerprint density at radius 3 is 2.38 bits per heavy atom. The van der Waals surface area contributed by atoms with E-state index >= 15 is 0 Å². The lowest BCUT2D eigenvalue weighted by Crippen LogP contribution is -2.29. The first kappa shape index (κ1) is 19.9. The second kappa shape index (κ2) is 11.4. The summed E-state index contributed by atoms with van der Waals surface area (Å²) in [6.07, 6.45) is 8.17. The molecule has 0 atom stereocenters. The van der Waals surface area contributed by atoms with Crippen molar-refractivity contribution in [2.75, 3.05) is 19.0 Å². The minimum atomic E-state index is -0.677. The van der Waals surface area contributed by atoms with Crippen molar-refractivity contribution in [3.05, 3.63) is 29.6 Å². The van der Waals surface area contributed by atoms with E-state index in [1.165, 1.54) is 51.3 Å². The monoisotopic (exact) mass is 338 g/mol. The lowest BCUT2D eigenvalue weighted by atomic mass is 10.1. The molecule has 5 nitrogen and oxygen atoms in total. The van der Waals surface area contributed by atoms with E-state index in [2.05, 4.69) is 22.3 Å². The predicted molar refractivity (Wildman–Crippen MR) is 92.8 cm³/mol. The van der Waals surface area contributed by atoms with Crippen LogP contribution in [0.15, 0.2) is 18.2 Å². The van der Waals surface area contributed by atoms with Crippen LogP contribution in [0, 0.1) is 5.82 Å². The Hall–Kier alpha value is -2.11. The van der Waals surface area contributed by atoms with Crippen LogP contribution in [0.5, 0.6) is 0 Å². The number of carbonyl (C=O) groups is 2. The van der Waals surface area contributed by atoms with Gasteiger partial charge in [-0.25, -0.2) is 14.0 Å². The number of benzene rings is 1. The minimum Gasteiger partial charge on any atom is -0.465 e. The van der Waals surface area contributed by atoms with E-state index in [4.69, 9.17) is 0 Å². The number of esters is 1. The van der Waals surface area contributed by atoms with Crippen molar-refractivity contribution in [2.24, 2.45) is 0 Å². The van der Waals surface area contributed by atoms with E-state index in [1.54, 1.807) is 0 Å². The Labute approximate surface area is 143 Å². The standard InChI is InChI=1S/C18H27FN2O3/c1-3-4-5-6-7-8-9-12-20-18(23)21-16-11-10-14(13-15(16)19)17(22)24-2/h10-11,13H,3-9,12H2,1-2H3,(H2,20,21,23). The molecule has 0 saturated heterocycles. The summed E-state index contributed by atoms with van der Waals surface area (Å²) in [6, 6.07) is 3.33. The SMILES string of the molecule is CCCCCCCCCNC(=O)Nc1ccc(C(=O)OC)cc1F. The lowest BCUT2D eigenvalue weighted by Gasteiger charge is -2.09. The first-order valence-electron chi connectivity index (χ1n) is 8.51. The summed E-state index contributed by atoms with van der Waals surface area (Å²) in [5.41, 5.74) is 0.128. The van der Waals surface area contributed by atoms with Gasteiger partial charge >= 0.3 is 12.0 Å². The molecule has 1 aromatic carbocycles. The van der Waals surface area contributed by atoms with Crippen molar-refractivity contribution >= 4 is 17.7 Å². The molecule has 0 aliphatic carbocycles. The van der Waals surface area contributed by atoms with Crippen LogP contribution >= 0.6 is 0 Å². The number of methoxy groups -OCH3 is 1. The van der Waals surface area contributed by atoms with Crippen LogP contribution in [0.25, 0.3) is 0 Å². The number of nitrogens with one attached hydrogen (secondary N) is 2. The molecule has 134 valence electrons. The Morgan fingerprint density at radius 1 is 1.08 bits per heavy atom. The maximum absolute atomic E-state index is 13.8. The van der Waals surface area contributed by atoms with Gasteiger partial charge in [-0.2, -0.15) is 0 Å². The zero-order chi connectivity index (χ0) is 17.8. The normalized spacial score (nSPS) is 10.3. The summed E-state index contributed by atoms with van der Waals surface area (Å²) >= 11 is 0.